The predicted octanol–water partition coefficient (Wildman–Crippen LogP) is 2.30. The maximum Gasteiger partial charge on any atom is 0.239 e. The molecule has 1 aromatic rings. The van der Waals surface area contributed by atoms with E-state index in [9.17, 15) is 4.79 Å². The van der Waals surface area contributed by atoms with E-state index in [0.29, 0.717) is 13.0 Å². The first-order chi connectivity index (χ1) is 7.97. The Bertz CT molecular complexity index is 354. The smallest absolute Gasteiger partial charge is 0.239 e. The molecule has 1 rings (SSSR count). The highest BCUT2D eigenvalue weighted by Gasteiger charge is 2.27. The van der Waals surface area contributed by atoms with Crippen molar-refractivity contribution in [2.45, 2.75) is 45.1 Å². The number of aromatic nitrogens is 1. The van der Waals surface area contributed by atoms with Crippen LogP contribution in [0.4, 0.5) is 0 Å². The summed E-state index contributed by atoms with van der Waals surface area (Å²) >= 11 is 1.61. The van der Waals surface area contributed by atoms with Gasteiger partial charge in [0.05, 0.1) is 10.5 Å². The molecule has 0 aromatic carbocycles. The summed E-state index contributed by atoms with van der Waals surface area (Å²) in [7, 11) is 0. The molecular weight excluding hydrogens is 270 g/mol. The van der Waals surface area contributed by atoms with Crippen LogP contribution in [0.3, 0.4) is 0 Å². The van der Waals surface area contributed by atoms with E-state index >= 15 is 0 Å². The van der Waals surface area contributed by atoms with Gasteiger partial charge in [0.1, 0.15) is 0 Å². The van der Waals surface area contributed by atoms with E-state index < -0.39 is 5.54 Å². The number of halogens is 1. The van der Waals surface area contributed by atoms with Gasteiger partial charge in [-0.2, -0.15) is 0 Å². The Labute approximate surface area is 119 Å². The van der Waals surface area contributed by atoms with Gasteiger partial charge in [-0.05, 0) is 13.3 Å². The Morgan fingerprint density at radius 2 is 2.33 bits per heavy atom. The minimum Gasteiger partial charge on any atom is -0.354 e. The van der Waals surface area contributed by atoms with E-state index in [0.717, 1.165) is 11.4 Å². The zero-order valence-corrected chi connectivity index (χ0v) is 12.7. The molecule has 1 heterocycles. The molecule has 0 fully saturated rings. The molecule has 0 spiro atoms. The number of thiazole rings is 1. The van der Waals surface area contributed by atoms with Crippen LogP contribution in [0.2, 0.25) is 0 Å². The lowest BCUT2D eigenvalue weighted by Crippen LogP contribution is -2.52. The molecule has 0 radical (unpaired) electrons. The number of carbonyl (C=O) groups is 1. The maximum absolute atomic E-state index is 11.9. The van der Waals surface area contributed by atoms with Crippen molar-refractivity contribution in [1.82, 2.24) is 10.3 Å². The topological polar surface area (TPSA) is 68.0 Å². The highest BCUT2D eigenvalue weighted by Crippen LogP contribution is 2.17. The first-order valence-electron chi connectivity index (χ1n) is 5.94. The number of rotatable bonds is 6. The third kappa shape index (κ3) is 4.92. The summed E-state index contributed by atoms with van der Waals surface area (Å²) in [6.07, 6.45) is 3.38. The molecule has 2 unspecified atom stereocenters. The van der Waals surface area contributed by atoms with Crippen LogP contribution in [-0.2, 0) is 4.79 Å². The van der Waals surface area contributed by atoms with Crippen LogP contribution in [0.1, 0.15) is 44.5 Å². The van der Waals surface area contributed by atoms with Crippen molar-refractivity contribution in [1.29, 1.82) is 0 Å². The van der Waals surface area contributed by atoms with Crippen molar-refractivity contribution in [3.8, 4) is 0 Å². The van der Waals surface area contributed by atoms with Gasteiger partial charge in [0.25, 0.3) is 0 Å². The van der Waals surface area contributed by atoms with E-state index in [-0.39, 0.29) is 24.2 Å². The molecule has 1 aromatic heterocycles. The molecule has 3 N–H and O–H groups in total. The second-order valence-corrected chi connectivity index (χ2v) is 5.58. The fourth-order valence-corrected chi connectivity index (χ4v) is 2.34. The van der Waals surface area contributed by atoms with Gasteiger partial charge in [-0.25, -0.2) is 4.98 Å². The standard InChI is InChI=1S/C12H21N3OS.ClH/c1-4-5-12(3,13)11(16)15-8-9(2)10-14-6-7-17-10;/h6-7,9H,4-5,8,13H2,1-3H3,(H,15,16);1H. The molecule has 0 saturated heterocycles. The minimum absolute atomic E-state index is 0. The molecule has 2 atom stereocenters. The zero-order valence-electron chi connectivity index (χ0n) is 11.1. The second kappa shape index (κ2) is 7.71. The minimum atomic E-state index is -0.767. The average molecular weight is 292 g/mol. The van der Waals surface area contributed by atoms with Gasteiger partial charge in [-0.1, -0.05) is 20.3 Å². The molecule has 0 aliphatic heterocycles. The van der Waals surface area contributed by atoms with Crippen LogP contribution < -0.4 is 11.1 Å². The molecule has 0 aliphatic rings. The third-order valence-corrected chi connectivity index (χ3v) is 3.74. The molecule has 0 saturated carbocycles. The first-order valence-corrected chi connectivity index (χ1v) is 6.82. The van der Waals surface area contributed by atoms with Gasteiger partial charge in [-0.3, -0.25) is 4.79 Å². The highest BCUT2D eigenvalue weighted by molar-refractivity contribution is 7.09. The summed E-state index contributed by atoms with van der Waals surface area (Å²) in [5.41, 5.74) is 5.18. The van der Waals surface area contributed by atoms with E-state index in [1.165, 1.54) is 0 Å². The van der Waals surface area contributed by atoms with Gasteiger partial charge in [0.2, 0.25) is 5.91 Å². The van der Waals surface area contributed by atoms with Crippen LogP contribution >= 0.6 is 23.7 Å². The van der Waals surface area contributed by atoms with Crippen LogP contribution in [0, 0.1) is 0 Å². The van der Waals surface area contributed by atoms with Crippen molar-refractivity contribution >= 4 is 29.7 Å². The lowest BCUT2D eigenvalue weighted by molar-refractivity contribution is -0.126. The number of nitrogens with two attached hydrogens (primary N) is 1. The Morgan fingerprint density at radius 3 is 2.83 bits per heavy atom. The predicted molar refractivity (Wildman–Crippen MR) is 78.3 cm³/mol. The normalized spacial score (nSPS) is 15.3. The van der Waals surface area contributed by atoms with Crippen molar-refractivity contribution in [2.75, 3.05) is 6.54 Å². The molecule has 6 heteroatoms. The van der Waals surface area contributed by atoms with E-state index in [1.807, 2.05) is 19.2 Å². The van der Waals surface area contributed by atoms with E-state index in [2.05, 4.69) is 10.3 Å². The largest absolute Gasteiger partial charge is 0.354 e. The van der Waals surface area contributed by atoms with E-state index in [4.69, 9.17) is 5.73 Å². The number of nitrogens with one attached hydrogen (secondary N) is 1. The fourth-order valence-electron chi connectivity index (χ4n) is 1.65. The molecule has 18 heavy (non-hydrogen) atoms. The molecular formula is C12H22ClN3OS. The quantitative estimate of drug-likeness (QED) is 0.845. The van der Waals surface area contributed by atoms with E-state index in [1.54, 1.807) is 24.5 Å². The summed E-state index contributed by atoms with van der Waals surface area (Å²) in [6.45, 7) is 6.44. The molecule has 0 bridgehead atoms. The van der Waals surface area contributed by atoms with Crippen LogP contribution in [0.15, 0.2) is 11.6 Å². The first kappa shape index (κ1) is 17.4. The van der Waals surface area contributed by atoms with Crippen LogP contribution in [-0.4, -0.2) is 23.0 Å². The number of carbonyl (C=O) groups excluding carboxylic acids is 1. The van der Waals surface area contributed by atoms with Gasteiger partial charge < -0.3 is 11.1 Å². The zero-order chi connectivity index (χ0) is 12.9. The van der Waals surface area contributed by atoms with Crippen molar-refractivity contribution in [3.63, 3.8) is 0 Å². The van der Waals surface area contributed by atoms with Gasteiger partial charge in [0, 0.05) is 24.0 Å². The second-order valence-electron chi connectivity index (χ2n) is 4.65. The number of nitrogens with zero attached hydrogens (tertiary/aromatic N) is 1. The van der Waals surface area contributed by atoms with Crippen molar-refractivity contribution < 1.29 is 4.79 Å². The third-order valence-electron chi connectivity index (χ3n) is 2.73. The monoisotopic (exact) mass is 291 g/mol. The summed E-state index contributed by atoms with van der Waals surface area (Å²) in [5, 5.41) is 5.88. The van der Waals surface area contributed by atoms with Crippen LogP contribution in [0.5, 0.6) is 0 Å². The fraction of sp³-hybridized carbons (Fsp3) is 0.667. The number of amides is 1. The summed E-state index contributed by atoms with van der Waals surface area (Å²) in [4.78, 5) is 16.1. The van der Waals surface area contributed by atoms with Crippen molar-refractivity contribution in [3.05, 3.63) is 16.6 Å². The SMILES string of the molecule is CCCC(C)(N)C(=O)NCC(C)c1nccs1.Cl. The van der Waals surface area contributed by atoms with Gasteiger partial charge >= 0.3 is 0 Å². The Hall–Kier alpha value is -0.650. The molecule has 1 amide bonds. The Balaban J connectivity index is 0.00000289. The Morgan fingerprint density at radius 1 is 1.67 bits per heavy atom. The van der Waals surface area contributed by atoms with Gasteiger partial charge in [-0.15, -0.1) is 23.7 Å². The highest BCUT2D eigenvalue weighted by atomic mass is 35.5. The van der Waals surface area contributed by atoms with Crippen LogP contribution in [0.25, 0.3) is 0 Å². The lowest BCUT2D eigenvalue weighted by atomic mass is 9.96. The average Bonchev–Trinajstić information content (AvgIpc) is 2.78. The van der Waals surface area contributed by atoms with Crippen molar-refractivity contribution in [2.24, 2.45) is 5.73 Å². The number of hydrogen-bond donors (Lipinski definition) is 2. The Kier molecular flexibility index (Phi) is 7.43. The number of hydrogen-bond acceptors (Lipinski definition) is 4. The summed E-state index contributed by atoms with van der Waals surface area (Å²) in [5.74, 6) is 0.152. The summed E-state index contributed by atoms with van der Waals surface area (Å²) in [6, 6.07) is 0. The molecule has 0 aliphatic carbocycles. The molecule has 4 nitrogen and oxygen atoms in total. The summed E-state index contributed by atoms with van der Waals surface area (Å²) < 4.78 is 0. The maximum atomic E-state index is 11.9. The lowest BCUT2D eigenvalue weighted by Gasteiger charge is -2.23. The molecule has 104 valence electrons. The van der Waals surface area contributed by atoms with Gasteiger partial charge in [0.15, 0.2) is 0 Å².